The summed E-state index contributed by atoms with van der Waals surface area (Å²) in [4.78, 5) is 30.3. The van der Waals surface area contributed by atoms with Crippen LogP contribution in [0.25, 0.3) is 22.2 Å². The first-order valence-electron chi connectivity index (χ1n) is 13.3. The number of amides is 1. The van der Waals surface area contributed by atoms with Gasteiger partial charge in [0.05, 0.1) is 21.8 Å². The Kier molecular flexibility index (Phi) is 7.77. The van der Waals surface area contributed by atoms with Crippen LogP contribution in [0.2, 0.25) is 5.02 Å². The Morgan fingerprint density at radius 3 is 2.59 bits per heavy atom. The maximum atomic E-state index is 14.1. The number of carboxylic acid groups (broad SMARTS) is 1. The van der Waals surface area contributed by atoms with E-state index < -0.39 is 17.8 Å². The fraction of sp³-hybridized carbons (Fsp3) is 0.481. The Hall–Kier alpha value is -3.58. The molecule has 0 unspecified atom stereocenters. The number of aromatic nitrogens is 3. The Balaban J connectivity index is 1.64. The molecule has 0 radical (unpaired) electrons. The summed E-state index contributed by atoms with van der Waals surface area (Å²) in [6.45, 7) is 5.35. The molecule has 10 nitrogen and oxygen atoms in total. The fourth-order valence-corrected chi connectivity index (χ4v) is 5.89. The van der Waals surface area contributed by atoms with Gasteiger partial charge in [-0.15, -0.1) is 0 Å². The number of likely N-dealkylation sites (N-methyl/N-ethyl adjacent to an activating group) is 1. The standard InChI is InChI=1S/C27H31ClF3N7O3/c1-14-9-21(32)34-23(22(14)27(29,30)31)17-11-20-18(10-19(17)28)24(38-8-7-37(26(39)40)12-15(38)2)35-25(33-20)41-13-16-5-4-6-36(16)3/h9-11,15-16H,4-8,12-13H2,1-3H3,(H2,32,34)(H,39,40)/t15-,16-/m0/s1. The van der Waals surface area contributed by atoms with Crippen LogP contribution in [0.3, 0.4) is 0 Å². The monoisotopic (exact) mass is 593 g/mol. The summed E-state index contributed by atoms with van der Waals surface area (Å²) in [6.07, 6.45) is -3.69. The van der Waals surface area contributed by atoms with Crippen LogP contribution in [0, 0.1) is 6.92 Å². The van der Waals surface area contributed by atoms with Crippen molar-refractivity contribution in [1.29, 1.82) is 0 Å². The molecule has 3 N–H and O–H groups in total. The van der Waals surface area contributed by atoms with Crippen molar-refractivity contribution in [1.82, 2.24) is 24.8 Å². The number of rotatable bonds is 5. The Bertz CT molecular complexity index is 1490. The molecule has 5 rings (SSSR count). The third kappa shape index (κ3) is 5.78. The van der Waals surface area contributed by atoms with Gasteiger partial charge in [-0.1, -0.05) is 11.6 Å². The van der Waals surface area contributed by atoms with Gasteiger partial charge in [0, 0.05) is 42.7 Å². The number of hydrogen-bond acceptors (Lipinski definition) is 8. The van der Waals surface area contributed by atoms with Gasteiger partial charge in [-0.25, -0.2) is 9.78 Å². The number of carbonyl (C=O) groups is 1. The van der Waals surface area contributed by atoms with Crippen molar-refractivity contribution < 1.29 is 27.8 Å². The Morgan fingerprint density at radius 1 is 1.20 bits per heavy atom. The van der Waals surface area contributed by atoms with Crippen LogP contribution in [0.4, 0.5) is 29.6 Å². The fourth-order valence-electron chi connectivity index (χ4n) is 5.63. The lowest BCUT2D eigenvalue weighted by Crippen LogP contribution is -2.53. The number of hydrogen-bond donors (Lipinski definition) is 2. The summed E-state index contributed by atoms with van der Waals surface area (Å²) < 4.78 is 48.4. The molecule has 1 amide bonds. The third-order valence-corrected chi connectivity index (χ3v) is 8.08. The number of anilines is 2. The SMILES string of the molecule is Cc1cc(N)nc(-c2cc3nc(OC[C@@H]4CCCN4C)nc(N4CCN(C(=O)O)C[C@@H]4C)c3cc2Cl)c1C(F)(F)F. The molecule has 2 saturated heterocycles. The van der Waals surface area contributed by atoms with E-state index in [-0.39, 0.29) is 58.8 Å². The molecule has 2 aliphatic heterocycles. The lowest BCUT2D eigenvalue weighted by atomic mass is 9.99. The van der Waals surface area contributed by atoms with E-state index in [4.69, 9.17) is 27.1 Å². The van der Waals surface area contributed by atoms with Crippen LogP contribution >= 0.6 is 11.6 Å². The highest BCUT2D eigenvalue weighted by Crippen LogP contribution is 2.43. The van der Waals surface area contributed by atoms with E-state index >= 15 is 0 Å². The van der Waals surface area contributed by atoms with E-state index in [1.165, 1.54) is 30.0 Å². The molecule has 2 fully saturated rings. The largest absolute Gasteiger partial charge is 0.465 e. The highest BCUT2D eigenvalue weighted by atomic mass is 35.5. The molecule has 2 aliphatic rings. The summed E-state index contributed by atoms with van der Waals surface area (Å²) in [6, 6.07) is 4.15. The van der Waals surface area contributed by atoms with E-state index in [0.29, 0.717) is 29.9 Å². The molecule has 41 heavy (non-hydrogen) atoms. The van der Waals surface area contributed by atoms with Crippen LogP contribution in [0.1, 0.15) is 30.9 Å². The topological polar surface area (TPSA) is 121 Å². The lowest BCUT2D eigenvalue weighted by molar-refractivity contribution is -0.137. The molecular weight excluding hydrogens is 563 g/mol. The number of ether oxygens (including phenoxy) is 1. The second-order valence-electron chi connectivity index (χ2n) is 10.6. The van der Waals surface area contributed by atoms with E-state index in [1.807, 2.05) is 18.9 Å². The minimum Gasteiger partial charge on any atom is -0.465 e. The number of pyridine rings is 1. The minimum absolute atomic E-state index is 0.0171. The first-order chi connectivity index (χ1) is 19.3. The average molecular weight is 594 g/mol. The first kappa shape index (κ1) is 28.9. The molecule has 2 atom stereocenters. The quantitative estimate of drug-likeness (QED) is 0.425. The molecule has 4 heterocycles. The van der Waals surface area contributed by atoms with Crippen LogP contribution in [-0.4, -0.2) is 87.9 Å². The number of alkyl halides is 3. The maximum Gasteiger partial charge on any atom is 0.418 e. The van der Waals surface area contributed by atoms with Gasteiger partial charge in [-0.3, -0.25) is 0 Å². The van der Waals surface area contributed by atoms with Gasteiger partial charge in [0.2, 0.25) is 0 Å². The van der Waals surface area contributed by atoms with Gasteiger partial charge >= 0.3 is 18.3 Å². The number of fused-ring (bicyclic) bond motifs is 1. The number of aryl methyl sites for hydroxylation is 1. The highest BCUT2D eigenvalue weighted by molar-refractivity contribution is 6.34. The van der Waals surface area contributed by atoms with Crippen LogP contribution in [0.5, 0.6) is 6.01 Å². The number of halogens is 4. The number of nitrogens with zero attached hydrogens (tertiary/aromatic N) is 6. The number of nitrogens with two attached hydrogens (primary N) is 1. The number of benzene rings is 1. The summed E-state index contributed by atoms with van der Waals surface area (Å²) in [5, 5.41) is 9.97. The average Bonchev–Trinajstić information content (AvgIpc) is 3.30. The molecule has 2 aromatic heterocycles. The van der Waals surface area contributed by atoms with Gasteiger partial charge in [0.25, 0.3) is 0 Å². The van der Waals surface area contributed by atoms with Crippen molar-refractivity contribution in [3.8, 4) is 17.3 Å². The lowest BCUT2D eigenvalue weighted by Gasteiger charge is -2.39. The summed E-state index contributed by atoms with van der Waals surface area (Å²) in [5.41, 5.74) is 4.80. The van der Waals surface area contributed by atoms with Crippen molar-refractivity contribution in [2.45, 2.75) is 44.9 Å². The summed E-state index contributed by atoms with van der Waals surface area (Å²) in [5.74, 6) is 0.392. The van der Waals surface area contributed by atoms with Crippen molar-refractivity contribution in [2.24, 2.45) is 0 Å². The zero-order valence-corrected chi connectivity index (χ0v) is 23.6. The van der Waals surface area contributed by atoms with E-state index in [1.54, 1.807) is 0 Å². The van der Waals surface area contributed by atoms with Gasteiger partial charge in [0.1, 0.15) is 18.2 Å². The molecule has 1 aromatic carbocycles. The molecular formula is C27H31ClF3N7O3. The first-order valence-corrected chi connectivity index (χ1v) is 13.6. The maximum absolute atomic E-state index is 14.1. The van der Waals surface area contributed by atoms with Crippen molar-refractivity contribution in [3.05, 3.63) is 34.3 Å². The number of piperazine rings is 1. The van der Waals surface area contributed by atoms with Crippen molar-refractivity contribution >= 4 is 40.2 Å². The third-order valence-electron chi connectivity index (χ3n) is 7.77. The van der Waals surface area contributed by atoms with E-state index in [9.17, 15) is 23.1 Å². The summed E-state index contributed by atoms with van der Waals surface area (Å²) >= 11 is 6.63. The van der Waals surface area contributed by atoms with Crippen LogP contribution in [-0.2, 0) is 6.18 Å². The number of nitrogen functional groups attached to an aromatic ring is 1. The molecule has 14 heteroatoms. The Labute approximate surface area is 239 Å². The molecule has 3 aromatic rings. The predicted octanol–water partition coefficient (Wildman–Crippen LogP) is 4.92. The predicted molar refractivity (Wildman–Crippen MR) is 149 cm³/mol. The van der Waals surface area contributed by atoms with Gasteiger partial charge in [0.15, 0.2) is 0 Å². The second-order valence-corrected chi connectivity index (χ2v) is 11.0. The van der Waals surface area contributed by atoms with E-state index in [2.05, 4.69) is 14.9 Å². The normalized spacial score (nSPS) is 20.2. The molecule has 0 aliphatic carbocycles. The second kappa shape index (κ2) is 11.0. The van der Waals surface area contributed by atoms with Crippen molar-refractivity contribution in [3.63, 3.8) is 0 Å². The van der Waals surface area contributed by atoms with Crippen molar-refractivity contribution in [2.75, 3.05) is 50.5 Å². The smallest absolute Gasteiger partial charge is 0.418 e. The number of likely N-dealkylation sites (tertiary alicyclic amines) is 1. The summed E-state index contributed by atoms with van der Waals surface area (Å²) in [7, 11) is 2.02. The minimum atomic E-state index is -4.70. The molecule has 0 bridgehead atoms. The zero-order chi connectivity index (χ0) is 29.6. The van der Waals surface area contributed by atoms with Gasteiger partial charge in [-0.2, -0.15) is 23.1 Å². The van der Waals surface area contributed by atoms with Crippen LogP contribution < -0.4 is 15.4 Å². The van der Waals surface area contributed by atoms with Crippen LogP contribution in [0.15, 0.2) is 18.2 Å². The molecule has 220 valence electrons. The zero-order valence-electron chi connectivity index (χ0n) is 22.9. The van der Waals surface area contributed by atoms with Gasteiger partial charge < -0.3 is 30.3 Å². The highest BCUT2D eigenvalue weighted by Gasteiger charge is 2.38. The van der Waals surface area contributed by atoms with E-state index in [0.717, 1.165) is 19.4 Å². The van der Waals surface area contributed by atoms with Gasteiger partial charge in [-0.05, 0) is 64.0 Å². The molecule has 0 spiro atoms. The molecule has 0 saturated carbocycles. The Morgan fingerprint density at radius 2 is 1.95 bits per heavy atom.